The van der Waals surface area contributed by atoms with Crippen LogP contribution in [0.4, 0.5) is 11.8 Å². The quantitative estimate of drug-likeness (QED) is 0.613. The minimum absolute atomic E-state index is 0.641. The van der Waals surface area contributed by atoms with Crippen molar-refractivity contribution < 1.29 is 0 Å². The van der Waals surface area contributed by atoms with Gasteiger partial charge >= 0.3 is 0 Å². The van der Waals surface area contributed by atoms with E-state index in [1.54, 1.807) is 12.4 Å². The van der Waals surface area contributed by atoms with E-state index >= 15 is 0 Å². The van der Waals surface area contributed by atoms with Crippen LogP contribution in [0, 0.1) is 6.92 Å². The van der Waals surface area contributed by atoms with Crippen molar-refractivity contribution in [1.29, 1.82) is 0 Å². The summed E-state index contributed by atoms with van der Waals surface area (Å²) in [6.45, 7) is 3.54. The van der Waals surface area contributed by atoms with Gasteiger partial charge < -0.3 is 10.6 Å². The van der Waals surface area contributed by atoms with Gasteiger partial charge in [-0.25, -0.2) is 4.98 Å². The first-order valence-corrected chi connectivity index (χ1v) is 8.56. The van der Waals surface area contributed by atoms with Gasteiger partial charge in [-0.3, -0.25) is 4.98 Å². The number of aryl methyl sites for hydroxylation is 2. The monoisotopic (exact) mass is 333 g/mol. The van der Waals surface area contributed by atoms with Crippen LogP contribution in [0.5, 0.6) is 0 Å². The molecule has 0 aliphatic heterocycles. The number of aromatic nitrogens is 3. The van der Waals surface area contributed by atoms with E-state index in [0.717, 1.165) is 36.5 Å². The highest BCUT2D eigenvalue weighted by Gasteiger charge is 2.02. The van der Waals surface area contributed by atoms with Gasteiger partial charge in [-0.15, -0.1) is 0 Å². The van der Waals surface area contributed by atoms with Gasteiger partial charge in [-0.1, -0.05) is 30.3 Å². The summed E-state index contributed by atoms with van der Waals surface area (Å²) in [6.07, 6.45) is 5.69. The molecule has 0 aliphatic rings. The lowest BCUT2D eigenvalue weighted by Gasteiger charge is -2.10. The SMILES string of the molecule is Cc1cc(NCCCc2ccccc2)nc(NCc2ccncc2)n1. The first kappa shape index (κ1) is 16.9. The molecule has 0 fully saturated rings. The maximum atomic E-state index is 4.54. The van der Waals surface area contributed by atoms with Gasteiger partial charge in [0.2, 0.25) is 5.95 Å². The molecule has 2 heterocycles. The van der Waals surface area contributed by atoms with Gasteiger partial charge in [0, 0.05) is 37.2 Å². The van der Waals surface area contributed by atoms with Gasteiger partial charge in [0.15, 0.2) is 0 Å². The Balaban J connectivity index is 1.50. The second kappa shape index (κ2) is 8.78. The first-order valence-electron chi connectivity index (χ1n) is 8.56. The third-order valence-corrected chi connectivity index (χ3v) is 3.85. The number of anilines is 2. The Morgan fingerprint density at radius 2 is 1.68 bits per heavy atom. The van der Waals surface area contributed by atoms with Crippen molar-refractivity contribution in [1.82, 2.24) is 15.0 Å². The van der Waals surface area contributed by atoms with E-state index in [1.807, 2.05) is 31.2 Å². The molecule has 2 aromatic heterocycles. The summed E-state index contributed by atoms with van der Waals surface area (Å²) >= 11 is 0. The average Bonchev–Trinajstić information content (AvgIpc) is 2.65. The van der Waals surface area contributed by atoms with Crippen molar-refractivity contribution in [2.24, 2.45) is 0 Å². The summed E-state index contributed by atoms with van der Waals surface area (Å²) in [7, 11) is 0. The zero-order chi connectivity index (χ0) is 17.3. The fourth-order valence-corrected chi connectivity index (χ4v) is 2.57. The van der Waals surface area contributed by atoms with Crippen molar-refractivity contribution >= 4 is 11.8 Å². The Morgan fingerprint density at radius 3 is 2.48 bits per heavy atom. The number of nitrogens with one attached hydrogen (secondary N) is 2. The fraction of sp³-hybridized carbons (Fsp3) is 0.250. The summed E-state index contributed by atoms with van der Waals surface area (Å²) in [4.78, 5) is 13.0. The van der Waals surface area contributed by atoms with E-state index < -0.39 is 0 Å². The average molecular weight is 333 g/mol. The number of pyridine rings is 1. The third kappa shape index (κ3) is 5.57. The number of rotatable bonds is 8. The molecule has 0 atom stereocenters. The predicted octanol–water partition coefficient (Wildman–Crippen LogP) is 3.84. The van der Waals surface area contributed by atoms with Crippen molar-refractivity contribution in [3.8, 4) is 0 Å². The van der Waals surface area contributed by atoms with Gasteiger partial charge in [0.1, 0.15) is 5.82 Å². The summed E-state index contributed by atoms with van der Waals surface area (Å²) < 4.78 is 0. The van der Waals surface area contributed by atoms with Crippen molar-refractivity contribution in [3.63, 3.8) is 0 Å². The van der Waals surface area contributed by atoms with E-state index in [1.165, 1.54) is 5.56 Å². The topological polar surface area (TPSA) is 62.7 Å². The Bertz CT molecular complexity index is 775. The summed E-state index contributed by atoms with van der Waals surface area (Å²) in [6, 6.07) is 16.5. The lowest BCUT2D eigenvalue weighted by molar-refractivity contribution is 0.857. The van der Waals surface area contributed by atoms with Gasteiger partial charge in [-0.2, -0.15) is 4.98 Å². The highest BCUT2D eigenvalue weighted by Crippen LogP contribution is 2.11. The van der Waals surface area contributed by atoms with E-state index in [2.05, 4.69) is 49.9 Å². The minimum atomic E-state index is 0.641. The second-order valence-corrected chi connectivity index (χ2v) is 5.94. The van der Waals surface area contributed by atoms with Crippen LogP contribution in [0.3, 0.4) is 0 Å². The van der Waals surface area contributed by atoms with Gasteiger partial charge in [-0.05, 0) is 43.0 Å². The maximum Gasteiger partial charge on any atom is 0.225 e. The highest BCUT2D eigenvalue weighted by atomic mass is 15.1. The molecule has 0 aliphatic carbocycles. The molecule has 0 saturated heterocycles. The molecule has 3 rings (SSSR count). The molecule has 0 bridgehead atoms. The van der Waals surface area contributed by atoms with Gasteiger partial charge in [0.05, 0.1) is 0 Å². The molecule has 3 aromatic rings. The van der Waals surface area contributed by atoms with Gasteiger partial charge in [0.25, 0.3) is 0 Å². The molecule has 0 amide bonds. The lowest BCUT2D eigenvalue weighted by Crippen LogP contribution is -2.09. The van der Waals surface area contributed by atoms with Crippen molar-refractivity contribution in [2.45, 2.75) is 26.3 Å². The van der Waals surface area contributed by atoms with Crippen LogP contribution in [0.2, 0.25) is 0 Å². The molecule has 0 saturated carbocycles. The molecule has 2 N–H and O–H groups in total. The number of benzene rings is 1. The van der Waals surface area contributed by atoms with Crippen LogP contribution in [0.15, 0.2) is 60.9 Å². The standard InChI is InChI=1S/C20H23N5/c1-16-14-19(22-11-5-8-17-6-3-2-4-7-17)25-20(24-16)23-15-18-9-12-21-13-10-18/h2-4,6-7,9-10,12-14H,5,8,11,15H2,1H3,(H2,22,23,24,25). The Kier molecular flexibility index (Phi) is 5.93. The zero-order valence-electron chi connectivity index (χ0n) is 14.4. The number of nitrogens with zero attached hydrogens (tertiary/aromatic N) is 3. The molecule has 25 heavy (non-hydrogen) atoms. The second-order valence-electron chi connectivity index (χ2n) is 5.94. The van der Waals surface area contributed by atoms with Crippen LogP contribution in [0.1, 0.15) is 23.2 Å². The largest absolute Gasteiger partial charge is 0.370 e. The van der Waals surface area contributed by atoms with Crippen LogP contribution in [-0.4, -0.2) is 21.5 Å². The van der Waals surface area contributed by atoms with E-state index in [0.29, 0.717) is 12.5 Å². The molecule has 128 valence electrons. The van der Waals surface area contributed by atoms with Crippen molar-refractivity contribution in [2.75, 3.05) is 17.2 Å². The molecule has 0 radical (unpaired) electrons. The highest BCUT2D eigenvalue weighted by molar-refractivity contribution is 5.42. The van der Waals surface area contributed by atoms with E-state index in [-0.39, 0.29) is 0 Å². The fourth-order valence-electron chi connectivity index (χ4n) is 2.57. The Labute approximate surface area is 148 Å². The molecular formula is C20H23N5. The smallest absolute Gasteiger partial charge is 0.225 e. The van der Waals surface area contributed by atoms with Crippen LogP contribution < -0.4 is 10.6 Å². The van der Waals surface area contributed by atoms with Crippen molar-refractivity contribution in [3.05, 3.63) is 77.7 Å². The predicted molar refractivity (Wildman–Crippen MR) is 102 cm³/mol. The molecule has 5 nitrogen and oxygen atoms in total. The minimum Gasteiger partial charge on any atom is -0.370 e. The molecule has 0 unspecified atom stereocenters. The normalized spacial score (nSPS) is 10.4. The van der Waals surface area contributed by atoms with Crippen LogP contribution >= 0.6 is 0 Å². The summed E-state index contributed by atoms with van der Waals surface area (Å²) in [5, 5.41) is 6.66. The number of hydrogen-bond donors (Lipinski definition) is 2. The van der Waals surface area contributed by atoms with E-state index in [9.17, 15) is 0 Å². The Hall–Kier alpha value is -2.95. The zero-order valence-corrected chi connectivity index (χ0v) is 14.4. The summed E-state index contributed by atoms with van der Waals surface area (Å²) in [5.74, 6) is 1.50. The van der Waals surface area contributed by atoms with Crippen LogP contribution in [-0.2, 0) is 13.0 Å². The summed E-state index contributed by atoms with van der Waals surface area (Å²) in [5.41, 5.74) is 3.46. The number of hydrogen-bond acceptors (Lipinski definition) is 5. The first-order chi connectivity index (χ1) is 12.3. The van der Waals surface area contributed by atoms with E-state index in [4.69, 9.17) is 0 Å². The lowest BCUT2D eigenvalue weighted by atomic mass is 10.1. The third-order valence-electron chi connectivity index (χ3n) is 3.85. The molecule has 5 heteroatoms. The molecule has 0 spiro atoms. The molecule has 1 aromatic carbocycles. The maximum absolute atomic E-state index is 4.54. The molecular weight excluding hydrogens is 310 g/mol. The Morgan fingerprint density at radius 1 is 0.880 bits per heavy atom. The van der Waals surface area contributed by atoms with Crippen LogP contribution in [0.25, 0.3) is 0 Å².